The van der Waals surface area contributed by atoms with Crippen molar-refractivity contribution in [2.75, 3.05) is 32.9 Å². The van der Waals surface area contributed by atoms with Gasteiger partial charge in [0.2, 0.25) is 0 Å². The summed E-state index contributed by atoms with van der Waals surface area (Å²) in [5, 5.41) is 0. The number of nitrogens with zero attached hydrogens (tertiary/aromatic N) is 2. The number of hydrogen-bond donors (Lipinski definition) is 1. The molecule has 1 aliphatic heterocycles. The molecule has 0 atom stereocenters. The van der Waals surface area contributed by atoms with E-state index in [0.29, 0.717) is 11.7 Å². The van der Waals surface area contributed by atoms with Gasteiger partial charge >= 0.3 is 0 Å². The molecule has 1 aromatic rings. The van der Waals surface area contributed by atoms with Gasteiger partial charge in [-0.3, -0.25) is 4.90 Å². The molecular formula is C14H22FN3. The average Bonchev–Trinajstić information content (AvgIpc) is 2.28. The van der Waals surface area contributed by atoms with E-state index in [1.54, 1.807) is 6.07 Å². The van der Waals surface area contributed by atoms with Crippen molar-refractivity contribution < 1.29 is 4.39 Å². The molecule has 3 nitrogen and oxygen atoms in total. The molecule has 1 saturated heterocycles. The van der Waals surface area contributed by atoms with Gasteiger partial charge in [-0.15, -0.1) is 0 Å². The smallest absolute Gasteiger partial charge is 0.125 e. The molecule has 1 aliphatic rings. The van der Waals surface area contributed by atoms with Crippen LogP contribution in [-0.4, -0.2) is 43.0 Å². The normalized spacial score (nSPS) is 18.4. The maximum absolute atomic E-state index is 13.2. The summed E-state index contributed by atoms with van der Waals surface area (Å²) >= 11 is 0. The van der Waals surface area contributed by atoms with Gasteiger partial charge in [-0.05, 0) is 63.8 Å². The Morgan fingerprint density at radius 2 is 1.94 bits per heavy atom. The second kappa shape index (κ2) is 5.67. The van der Waals surface area contributed by atoms with Crippen LogP contribution >= 0.6 is 0 Å². The first-order chi connectivity index (χ1) is 8.54. The lowest BCUT2D eigenvalue weighted by atomic mass is 10.0. The van der Waals surface area contributed by atoms with Crippen LogP contribution in [0.25, 0.3) is 0 Å². The Balaban J connectivity index is 1.91. The molecule has 100 valence electrons. The Labute approximate surface area is 108 Å². The lowest BCUT2D eigenvalue weighted by Crippen LogP contribution is -2.41. The summed E-state index contributed by atoms with van der Waals surface area (Å²) in [5.41, 5.74) is 7.14. The van der Waals surface area contributed by atoms with Crippen LogP contribution in [0.4, 0.5) is 10.1 Å². The van der Waals surface area contributed by atoms with Gasteiger partial charge in [-0.1, -0.05) is 0 Å². The molecular weight excluding hydrogens is 229 g/mol. The molecule has 0 aromatic heterocycles. The third-order valence-electron chi connectivity index (χ3n) is 3.67. The second-order valence-electron chi connectivity index (χ2n) is 5.36. The molecule has 1 aromatic carbocycles. The van der Waals surface area contributed by atoms with Crippen molar-refractivity contribution >= 4 is 5.69 Å². The van der Waals surface area contributed by atoms with E-state index in [2.05, 4.69) is 23.9 Å². The van der Waals surface area contributed by atoms with E-state index >= 15 is 0 Å². The number of nitrogen functional groups attached to an aromatic ring is 1. The van der Waals surface area contributed by atoms with Crippen LogP contribution in [0.1, 0.15) is 18.4 Å². The third kappa shape index (κ3) is 3.43. The minimum absolute atomic E-state index is 0.242. The zero-order chi connectivity index (χ0) is 13.1. The molecule has 0 amide bonds. The lowest BCUT2D eigenvalue weighted by molar-refractivity contribution is 0.140. The van der Waals surface area contributed by atoms with Crippen molar-refractivity contribution in [3.63, 3.8) is 0 Å². The Hall–Kier alpha value is -1.13. The van der Waals surface area contributed by atoms with Crippen molar-refractivity contribution in [2.24, 2.45) is 0 Å². The van der Waals surface area contributed by atoms with Crippen LogP contribution < -0.4 is 5.73 Å². The van der Waals surface area contributed by atoms with Crippen LogP contribution in [0.3, 0.4) is 0 Å². The van der Waals surface area contributed by atoms with E-state index in [-0.39, 0.29) is 5.82 Å². The number of rotatable bonds is 3. The van der Waals surface area contributed by atoms with E-state index in [1.807, 2.05) is 6.07 Å². The van der Waals surface area contributed by atoms with E-state index in [9.17, 15) is 4.39 Å². The molecule has 0 saturated carbocycles. The van der Waals surface area contributed by atoms with Gasteiger partial charge in [0.25, 0.3) is 0 Å². The first kappa shape index (κ1) is 13.3. The highest BCUT2D eigenvalue weighted by Crippen LogP contribution is 2.18. The van der Waals surface area contributed by atoms with Gasteiger partial charge in [0.1, 0.15) is 5.82 Å². The van der Waals surface area contributed by atoms with Crippen molar-refractivity contribution in [1.82, 2.24) is 9.80 Å². The highest BCUT2D eigenvalue weighted by Gasteiger charge is 2.20. The molecule has 0 bridgehead atoms. The molecule has 1 heterocycles. The topological polar surface area (TPSA) is 32.5 Å². The molecule has 2 rings (SSSR count). The Kier molecular flexibility index (Phi) is 4.19. The second-order valence-corrected chi connectivity index (χ2v) is 5.36. The monoisotopic (exact) mass is 251 g/mol. The van der Waals surface area contributed by atoms with Crippen LogP contribution in [0.5, 0.6) is 0 Å². The summed E-state index contributed by atoms with van der Waals surface area (Å²) in [6.45, 7) is 2.93. The molecule has 0 radical (unpaired) electrons. The summed E-state index contributed by atoms with van der Waals surface area (Å²) in [5.74, 6) is -0.242. The zero-order valence-corrected chi connectivity index (χ0v) is 11.2. The Morgan fingerprint density at radius 3 is 2.50 bits per heavy atom. The number of likely N-dealkylation sites (tertiary alicyclic amines) is 1. The fourth-order valence-corrected chi connectivity index (χ4v) is 2.62. The fraction of sp³-hybridized carbons (Fsp3) is 0.571. The summed E-state index contributed by atoms with van der Waals surface area (Å²) in [6.07, 6.45) is 2.36. The number of benzene rings is 1. The van der Waals surface area contributed by atoms with E-state index in [4.69, 9.17) is 5.73 Å². The van der Waals surface area contributed by atoms with Gasteiger partial charge in [-0.25, -0.2) is 4.39 Å². The first-order valence-electron chi connectivity index (χ1n) is 6.48. The van der Waals surface area contributed by atoms with Gasteiger partial charge in [-0.2, -0.15) is 0 Å². The predicted octanol–water partition coefficient (Wildman–Crippen LogP) is 1.93. The molecule has 1 fully saturated rings. The maximum Gasteiger partial charge on any atom is 0.125 e. The zero-order valence-electron chi connectivity index (χ0n) is 11.2. The number of piperidine rings is 1. The number of anilines is 1. The molecule has 0 aliphatic carbocycles. The van der Waals surface area contributed by atoms with Crippen LogP contribution in [0.2, 0.25) is 0 Å². The molecule has 4 heteroatoms. The first-order valence-corrected chi connectivity index (χ1v) is 6.48. The van der Waals surface area contributed by atoms with E-state index in [0.717, 1.165) is 25.2 Å². The van der Waals surface area contributed by atoms with Crippen LogP contribution in [-0.2, 0) is 6.54 Å². The number of halogens is 1. The van der Waals surface area contributed by atoms with Gasteiger partial charge in [0, 0.05) is 18.3 Å². The minimum atomic E-state index is -0.242. The van der Waals surface area contributed by atoms with Crippen molar-refractivity contribution in [2.45, 2.75) is 25.4 Å². The van der Waals surface area contributed by atoms with E-state index < -0.39 is 0 Å². The lowest BCUT2D eigenvalue weighted by Gasteiger charge is -2.35. The summed E-state index contributed by atoms with van der Waals surface area (Å²) in [7, 11) is 4.27. The predicted molar refractivity (Wildman–Crippen MR) is 72.8 cm³/mol. The van der Waals surface area contributed by atoms with E-state index in [1.165, 1.54) is 18.9 Å². The standard InChI is InChI=1S/C14H22FN3/c1-17(2)14-3-5-18(6-4-14)10-11-7-12(15)9-13(16)8-11/h7-9,14H,3-6,10,16H2,1-2H3. The molecule has 0 spiro atoms. The average molecular weight is 251 g/mol. The highest BCUT2D eigenvalue weighted by atomic mass is 19.1. The fourth-order valence-electron chi connectivity index (χ4n) is 2.62. The molecule has 0 unspecified atom stereocenters. The summed E-state index contributed by atoms with van der Waals surface area (Å²) in [6, 6.07) is 5.48. The van der Waals surface area contributed by atoms with Crippen molar-refractivity contribution in [3.05, 3.63) is 29.6 Å². The van der Waals surface area contributed by atoms with Gasteiger partial charge in [0.15, 0.2) is 0 Å². The van der Waals surface area contributed by atoms with Crippen LogP contribution in [0.15, 0.2) is 18.2 Å². The van der Waals surface area contributed by atoms with Gasteiger partial charge < -0.3 is 10.6 Å². The molecule has 2 N–H and O–H groups in total. The largest absolute Gasteiger partial charge is 0.399 e. The molecule has 18 heavy (non-hydrogen) atoms. The van der Waals surface area contributed by atoms with Crippen molar-refractivity contribution in [1.29, 1.82) is 0 Å². The quantitative estimate of drug-likeness (QED) is 0.833. The number of nitrogens with two attached hydrogens (primary N) is 1. The minimum Gasteiger partial charge on any atom is -0.399 e. The maximum atomic E-state index is 13.2. The van der Waals surface area contributed by atoms with Crippen molar-refractivity contribution in [3.8, 4) is 0 Å². The summed E-state index contributed by atoms with van der Waals surface area (Å²) in [4.78, 5) is 4.66. The highest BCUT2D eigenvalue weighted by molar-refractivity contribution is 5.41. The third-order valence-corrected chi connectivity index (χ3v) is 3.67. The van der Waals surface area contributed by atoms with Gasteiger partial charge in [0.05, 0.1) is 0 Å². The summed E-state index contributed by atoms with van der Waals surface area (Å²) < 4.78 is 13.2. The number of hydrogen-bond acceptors (Lipinski definition) is 3. The SMILES string of the molecule is CN(C)C1CCN(Cc2cc(N)cc(F)c2)CC1. The Bertz CT molecular complexity index is 378. The van der Waals surface area contributed by atoms with Crippen LogP contribution in [0, 0.1) is 5.82 Å². The Morgan fingerprint density at radius 1 is 1.28 bits per heavy atom.